The fraction of sp³-hybridized carbons (Fsp3) is 0.0588. The van der Waals surface area contributed by atoms with Gasteiger partial charge in [-0.1, -0.05) is 6.07 Å². The second kappa shape index (κ2) is 6.17. The molecule has 0 saturated heterocycles. The summed E-state index contributed by atoms with van der Waals surface area (Å²) >= 11 is 0. The first-order valence-corrected chi connectivity index (χ1v) is 7.18. The lowest BCUT2D eigenvalue weighted by atomic mass is 10.1. The van der Waals surface area contributed by atoms with E-state index in [1.54, 1.807) is 0 Å². The minimum atomic E-state index is -4.64. The Morgan fingerprint density at radius 2 is 1.81 bits per heavy atom. The van der Waals surface area contributed by atoms with Crippen LogP contribution in [-0.4, -0.2) is 16.9 Å². The summed E-state index contributed by atoms with van der Waals surface area (Å²) in [6, 6.07) is 6.94. The molecule has 0 aliphatic carbocycles. The minimum Gasteiger partial charge on any atom is -0.543 e. The predicted octanol–water partition coefficient (Wildman–Crippen LogP) is 2.94. The number of H-pyrrole nitrogens is 1. The van der Waals surface area contributed by atoms with Gasteiger partial charge in [0.25, 0.3) is 5.91 Å². The molecule has 5 nitrogen and oxygen atoms in total. The zero-order valence-electron chi connectivity index (χ0n) is 12.8. The molecule has 9 heteroatoms. The SMILES string of the molecule is O=C(Nc1c(C(=O)[O-])[nH]c2ccc(F)cc12)c1cccc(C(F)(F)F)c1. The van der Waals surface area contributed by atoms with E-state index in [4.69, 9.17) is 0 Å². The number of aromatic amines is 1. The molecule has 1 heterocycles. The van der Waals surface area contributed by atoms with E-state index >= 15 is 0 Å². The lowest BCUT2D eigenvalue weighted by Gasteiger charge is -2.10. The third-order valence-electron chi connectivity index (χ3n) is 3.66. The van der Waals surface area contributed by atoms with Crippen LogP contribution in [0.1, 0.15) is 26.4 Å². The molecule has 0 bridgehead atoms. The lowest BCUT2D eigenvalue weighted by molar-refractivity contribution is -0.255. The van der Waals surface area contributed by atoms with Crippen molar-refractivity contribution < 1.29 is 32.3 Å². The number of amides is 1. The van der Waals surface area contributed by atoms with E-state index in [-0.39, 0.29) is 22.2 Å². The minimum absolute atomic E-state index is 0.0459. The highest BCUT2D eigenvalue weighted by Crippen LogP contribution is 2.31. The molecule has 0 saturated carbocycles. The number of carboxylic acid groups (broad SMARTS) is 1. The molecule has 3 rings (SSSR count). The summed E-state index contributed by atoms with van der Waals surface area (Å²) in [5.74, 6) is -3.33. The summed E-state index contributed by atoms with van der Waals surface area (Å²) in [4.78, 5) is 26.0. The van der Waals surface area contributed by atoms with Crippen molar-refractivity contribution in [3.8, 4) is 0 Å². The van der Waals surface area contributed by atoms with Crippen LogP contribution in [-0.2, 0) is 6.18 Å². The van der Waals surface area contributed by atoms with Crippen LogP contribution in [0.15, 0.2) is 42.5 Å². The van der Waals surface area contributed by atoms with Crippen molar-refractivity contribution >= 4 is 28.5 Å². The zero-order valence-corrected chi connectivity index (χ0v) is 12.8. The molecule has 134 valence electrons. The van der Waals surface area contributed by atoms with Crippen molar-refractivity contribution in [3.05, 3.63) is 65.1 Å². The molecule has 0 fully saturated rings. The number of hydrogen-bond acceptors (Lipinski definition) is 3. The van der Waals surface area contributed by atoms with E-state index in [0.29, 0.717) is 6.07 Å². The molecular weight excluding hydrogens is 356 g/mol. The third kappa shape index (κ3) is 3.23. The van der Waals surface area contributed by atoms with Gasteiger partial charge in [0.05, 0.1) is 22.9 Å². The number of rotatable bonds is 3. The van der Waals surface area contributed by atoms with E-state index in [1.807, 2.05) is 0 Å². The standard InChI is InChI=1S/C17H10F4N2O3/c18-10-4-5-12-11(7-10)13(14(22-12)16(25)26)23-15(24)8-2-1-3-9(6-8)17(19,20)21/h1-7,22H,(H,23,24)(H,25,26)/p-1. The Morgan fingerprint density at radius 3 is 2.46 bits per heavy atom. The van der Waals surface area contributed by atoms with Crippen molar-refractivity contribution in [2.75, 3.05) is 5.32 Å². The summed E-state index contributed by atoms with van der Waals surface area (Å²) in [7, 11) is 0. The van der Waals surface area contributed by atoms with E-state index in [9.17, 15) is 32.3 Å². The van der Waals surface area contributed by atoms with Gasteiger partial charge in [-0.3, -0.25) is 4.79 Å². The van der Waals surface area contributed by atoms with Crippen LogP contribution < -0.4 is 10.4 Å². The topological polar surface area (TPSA) is 85.0 Å². The number of benzene rings is 2. The second-order valence-corrected chi connectivity index (χ2v) is 5.39. The lowest BCUT2D eigenvalue weighted by Crippen LogP contribution is -2.25. The Hall–Kier alpha value is -3.36. The molecule has 0 radical (unpaired) electrons. The number of halogens is 4. The first kappa shape index (κ1) is 17.5. The summed E-state index contributed by atoms with van der Waals surface area (Å²) in [5, 5.41) is 13.5. The Kier molecular flexibility index (Phi) is 4.15. The van der Waals surface area contributed by atoms with Crippen LogP contribution in [0.2, 0.25) is 0 Å². The molecule has 0 aliphatic rings. The van der Waals surface area contributed by atoms with Crippen LogP contribution in [0.25, 0.3) is 10.9 Å². The molecule has 3 aromatic rings. The number of carbonyl (C=O) groups is 2. The van der Waals surface area contributed by atoms with Crippen LogP contribution in [0, 0.1) is 5.82 Å². The van der Waals surface area contributed by atoms with Crippen LogP contribution in [0.3, 0.4) is 0 Å². The van der Waals surface area contributed by atoms with Gasteiger partial charge in [0.15, 0.2) is 0 Å². The van der Waals surface area contributed by atoms with Gasteiger partial charge in [-0.05, 0) is 36.4 Å². The van der Waals surface area contributed by atoms with Gasteiger partial charge in [0.1, 0.15) is 5.82 Å². The van der Waals surface area contributed by atoms with Crippen molar-refractivity contribution in [3.63, 3.8) is 0 Å². The number of nitrogens with one attached hydrogen (secondary N) is 2. The van der Waals surface area contributed by atoms with Gasteiger partial charge in [-0.25, -0.2) is 4.39 Å². The number of anilines is 1. The van der Waals surface area contributed by atoms with Gasteiger partial charge in [-0.2, -0.15) is 13.2 Å². The third-order valence-corrected chi connectivity index (χ3v) is 3.66. The largest absolute Gasteiger partial charge is 0.543 e. The number of alkyl halides is 3. The number of carboxylic acids is 1. The first-order chi connectivity index (χ1) is 12.2. The Balaban J connectivity index is 2.03. The number of carbonyl (C=O) groups excluding carboxylic acids is 2. The predicted molar refractivity (Wildman–Crippen MR) is 82.0 cm³/mol. The summed E-state index contributed by atoms with van der Waals surface area (Å²) in [6.45, 7) is 0. The maximum Gasteiger partial charge on any atom is 0.416 e. The second-order valence-electron chi connectivity index (χ2n) is 5.39. The fourth-order valence-electron chi connectivity index (χ4n) is 2.47. The van der Waals surface area contributed by atoms with E-state index in [0.717, 1.165) is 30.3 Å². The maximum absolute atomic E-state index is 13.5. The highest BCUT2D eigenvalue weighted by molar-refractivity contribution is 6.14. The molecule has 0 atom stereocenters. The molecule has 2 N–H and O–H groups in total. The molecule has 26 heavy (non-hydrogen) atoms. The number of aromatic carboxylic acids is 1. The van der Waals surface area contributed by atoms with Crippen molar-refractivity contribution in [2.45, 2.75) is 6.18 Å². The van der Waals surface area contributed by atoms with E-state index in [1.165, 1.54) is 6.07 Å². The Morgan fingerprint density at radius 1 is 1.08 bits per heavy atom. The normalized spacial score (nSPS) is 11.5. The summed E-state index contributed by atoms with van der Waals surface area (Å²) in [6.07, 6.45) is -4.64. The van der Waals surface area contributed by atoms with Crippen LogP contribution in [0.4, 0.5) is 23.2 Å². The number of fused-ring (bicyclic) bond motifs is 1. The molecule has 0 spiro atoms. The summed E-state index contributed by atoms with van der Waals surface area (Å²) in [5.41, 5.74) is -1.97. The maximum atomic E-state index is 13.5. The van der Waals surface area contributed by atoms with Crippen molar-refractivity contribution in [1.29, 1.82) is 0 Å². The quantitative estimate of drug-likeness (QED) is 0.700. The molecule has 1 amide bonds. The van der Waals surface area contributed by atoms with Gasteiger partial charge in [0, 0.05) is 16.5 Å². The van der Waals surface area contributed by atoms with E-state index in [2.05, 4.69) is 10.3 Å². The number of hydrogen-bond donors (Lipinski definition) is 2. The van der Waals surface area contributed by atoms with Gasteiger partial charge < -0.3 is 20.2 Å². The van der Waals surface area contributed by atoms with E-state index < -0.39 is 35.1 Å². The fourth-order valence-corrected chi connectivity index (χ4v) is 2.47. The molecule has 1 aromatic heterocycles. The van der Waals surface area contributed by atoms with Gasteiger partial charge >= 0.3 is 6.18 Å². The molecule has 2 aromatic carbocycles. The average Bonchev–Trinajstić information content (AvgIpc) is 2.92. The first-order valence-electron chi connectivity index (χ1n) is 7.18. The van der Waals surface area contributed by atoms with Crippen LogP contribution in [0.5, 0.6) is 0 Å². The molecule has 0 aliphatic heterocycles. The highest BCUT2D eigenvalue weighted by Gasteiger charge is 2.31. The zero-order chi connectivity index (χ0) is 19.1. The molecular formula is C17H9F4N2O3-. The van der Waals surface area contributed by atoms with Crippen LogP contribution >= 0.6 is 0 Å². The summed E-state index contributed by atoms with van der Waals surface area (Å²) < 4.78 is 51.8. The van der Waals surface area contributed by atoms with Gasteiger partial charge in [-0.15, -0.1) is 0 Å². The smallest absolute Gasteiger partial charge is 0.416 e. The highest BCUT2D eigenvalue weighted by atomic mass is 19.4. The Bertz CT molecular complexity index is 1020. The van der Waals surface area contributed by atoms with Gasteiger partial charge in [0.2, 0.25) is 0 Å². The van der Waals surface area contributed by atoms with Crippen molar-refractivity contribution in [2.24, 2.45) is 0 Å². The Labute approximate surface area is 143 Å². The monoisotopic (exact) mass is 365 g/mol. The molecule has 0 unspecified atom stereocenters. The number of aromatic nitrogens is 1. The average molecular weight is 365 g/mol. The van der Waals surface area contributed by atoms with Crippen molar-refractivity contribution in [1.82, 2.24) is 4.98 Å².